The van der Waals surface area contributed by atoms with Crippen molar-refractivity contribution >= 4 is 5.91 Å². The Balaban J connectivity index is 1.53. The SMILES string of the molecule is Cc1ccc(OCC(=O)NCCn2nc3c(cc2=O)CCCC3)c(C(C)(C)C)c1. The summed E-state index contributed by atoms with van der Waals surface area (Å²) in [6.07, 6.45) is 4.08. The molecule has 1 aliphatic carbocycles. The monoisotopic (exact) mass is 397 g/mol. The fourth-order valence-corrected chi connectivity index (χ4v) is 3.61. The largest absolute Gasteiger partial charge is 0.483 e. The summed E-state index contributed by atoms with van der Waals surface area (Å²) in [6, 6.07) is 7.69. The standard InChI is InChI=1S/C23H31N3O3/c1-16-9-10-20(18(13-16)23(2,3)4)29-15-21(27)24-11-12-26-22(28)14-17-7-5-6-8-19(17)25-26/h9-10,13-14H,5-8,11-12,15H2,1-4H3,(H,24,27). The topological polar surface area (TPSA) is 73.2 Å². The summed E-state index contributed by atoms with van der Waals surface area (Å²) < 4.78 is 7.23. The van der Waals surface area contributed by atoms with E-state index in [1.807, 2.05) is 19.1 Å². The van der Waals surface area contributed by atoms with Crippen LogP contribution in [0.15, 0.2) is 29.1 Å². The Labute approximate surface area is 172 Å². The number of nitrogens with zero attached hydrogens (tertiary/aromatic N) is 2. The summed E-state index contributed by atoms with van der Waals surface area (Å²) in [5, 5.41) is 7.29. The predicted molar refractivity (Wildman–Crippen MR) is 114 cm³/mol. The molecule has 29 heavy (non-hydrogen) atoms. The van der Waals surface area contributed by atoms with E-state index in [4.69, 9.17) is 4.74 Å². The van der Waals surface area contributed by atoms with Crippen LogP contribution in [0.2, 0.25) is 0 Å². The fraction of sp³-hybridized carbons (Fsp3) is 0.522. The van der Waals surface area contributed by atoms with Gasteiger partial charge in [0.25, 0.3) is 11.5 Å². The van der Waals surface area contributed by atoms with Gasteiger partial charge in [-0.15, -0.1) is 0 Å². The van der Waals surface area contributed by atoms with Crippen molar-refractivity contribution in [3.05, 3.63) is 57.0 Å². The van der Waals surface area contributed by atoms with Gasteiger partial charge in [0.15, 0.2) is 6.61 Å². The predicted octanol–water partition coefficient (Wildman–Crippen LogP) is 2.92. The first kappa shape index (κ1) is 21.1. The summed E-state index contributed by atoms with van der Waals surface area (Å²) in [5.41, 5.74) is 4.15. The Bertz CT molecular complexity index is 941. The Hall–Kier alpha value is -2.63. The minimum atomic E-state index is -0.212. The summed E-state index contributed by atoms with van der Waals surface area (Å²) in [5.74, 6) is 0.516. The number of hydrogen-bond donors (Lipinski definition) is 1. The van der Waals surface area contributed by atoms with Crippen LogP contribution in [0.1, 0.15) is 56.0 Å². The van der Waals surface area contributed by atoms with Crippen molar-refractivity contribution in [2.24, 2.45) is 0 Å². The number of amides is 1. The minimum absolute atomic E-state index is 0.0569. The second kappa shape index (κ2) is 8.80. The number of ether oxygens (including phenoxy) is 1. The van der Waals surface area contributed by atoms with E-state index in [0.717, 1.165) is 53.8 Å². The first-order valence-corrected chi connectivity index (χ1v) is 10.3. The van der Waals surface area contributed by atoms with Crippen LogP contribution in [0.5, 0.6) is 5.75 Å². The van der Waals surface area contributed by atoms with E-state index in [0.29, 0.717) is 13.1 Å². The van der Waals surface area contributed by atoms with Gasteiger partial charge >= 0.3 is 0 Å². The Morgan fingerprint density at radius 3 is 2.72 bits per heavy atom. The van der Waals surface area contributed by atoms with Gasteiger partial charge < -0.3 is 10.1 Å². The number of rotatable bonds is 6. The van der Waals surface area contributed by atoms with Gasteiger partial charge in [-0.3, -0.25) is 9.59 Å². The van der Waals surface area contributed by atoms with Crippen LogP contribution in [0, 0.1) is 6.92 Å². The molecule has 156 valence electrons. The molecule has 1 aromatic heterocycles. The van der Waals surface area contributed by atoms with E-state index in [1.165, 1.54) is 4.68 Å². The zero-order valence-electron chi connectivity index (χ0n) is 17.9. The lowest BCUT2D eigenvalue weighted by Gasteiger charge is -2.23. The lowest BCUT2D eigenvalue weighted by atomic mass is 9.85. The molecule has 6 heteroatoms. The fourth-order valence-electron chi connectivity index (χ4n) is 3.61. The van der Waals surface area contributed by atoms with Gasteiger partial charge in [0.05, 0.1) is 12.2 Å². The summed E-state index contributed by atoms with van der Waals surface area (Å²) >= 11 is 0. The highest BCUT2D eigenvalue weighted by molar-refractivity contribution is 5.77. The van der Waals surface area contributed by atoms with Gasteiger partial charge in [-0.25, -0.2) is 4.68 Å². The molecule has 0 spiro atoms. The van der Waals surface area contributed by atoms with Crippen LogP contribution in [-0.4, -0.2) is 28.8 Å². The number of fused-ring (bicyclic) bond motifs is 1. The number of carbonyl (C=O) groups is 1. The molecule has 1 aliphatic rings. The maximum absolute atomic E-state index is 12.2. The van der Waals surface area contributed by atoms with E-state index >= 15 is 0 Å². The summed E-state index contributed by atoms with van der Waals surface area (Å²) in [6.45, 7) is 9.05. The molecule has 0 saturated heterocycles. The Kier molecular flexibility index (Phi) is 6.40. The molecule has 1 N–H and O–H groups in total. The second-order valence-corrected chi connectivity index (χ2v) is 8.77. The van der Waals surface area contributed by atoms with E-state index < -0.39 is 0 Å². The smallest absolute Gasteiger partial charge is 0.267 e. The zero-order chi connectivity index (χ0) is 21.0. The quantitative estimate of drug-likeness (QED) is 0.813. The van der Waals surface area contributed by atoms with Crippen molar-refractivity contribution in [1.82, 2.24) is 15.1 Å². The Morgan fingerprint density at radius 2 is 1.97 bits per heavy atom. The third-order valence-corrected chi connectivity index (χ3v) is 5.22. The molecule has 0 radical (unpaired) electrons. The number of benzene rings is 1. The average molecular weight is 398 g/mol. The minimum Gasteiger partial charge on any atom is -0.483 e. The molecular weight excluding hydrogens is 366 g/mol. The average Bonchev–Trinajstić information content (AvgIpc) is 2.66. The normalized spacial score (nSPS) is 13.7. The van der Waals surface area contributed by atoms with Crippen LogP contribution in [-0.2, 0) is 29.6 Å². The van der Waals surface area contributed by atoms with E-state index in [1.54, 1.807) is 6.07 Å². The van der Waals surface area contributed by atoms with Crippen LogP contribution >= 0.6 is 0 Å². The van der Waals surface area contributed by atoms with Gasteiger partial charge in [0, 0.05) is 12.6 Å². The van der Waals surface area contributed by atoms with E-state index in [9.17, 15) is 9.59 Å². The number of aromatic nitrogens is 2. The highest BCUT2D eigenvalue weighted by Crippen LogP contribution is 2.32. The van der Waals surface area contributed by atoms with Gasteiger partial charge in [-0.1, -0.05) is 38.5 Å². The third kappa shape index (κ3) is 5.46. The first-order valence-electron chi connectivity index (χ1n) is 10.3. The molecule has 1 heterocycles. The number of carbonyl (C=O) groups excluding carboxylic acids is 1. The lowest BCUT2D eigenvalue weighted by molar-refractivity contribution is -0.123. The van der Waals surface area contributed by atoms with Crippen LogP contribution in [0.25, 0.3) is 0 Å². The molecule has 2 aromatic rings. The van der Waals surface area contributed by atoms with Crippen molar-refractivity contribution in [3.8, 4) is 5.75 Å². The number of nitrogens with one attached hydrogen (secondary N) is 1. The maximum Gasteiger partial charge on any atom is 0.267 e. The molecule has 1 aromatic carbocycles. The lowest BCUT2D eigenvalue weighted by Crippen LogP contribution is -2.35. The molecule has 0 unspecified atom stereocenters. The van der Waals surface area contributed by atoms with E-state index in [-0.39, 0.29) is 23.5 Å². The van der Waals surface area contributed by atoms with E-state index in [2.05, 4.69) is 37.3 Å². The summed E-state index contributed by atoms with van der Waals surface area (Å²) in [4.78, 5) is 24.4. The molecule has 0 saturated carbocycles. The zero-order valence-corrected chi connectivity index (χ0v) is 17.9. The molecule has 3 rings (SSSR count). The molecule has 0 fully saturated rings. The van der Waals surface area contributed by atoms with Gasteiger partial charge in [0.2, 0.25) is 0 Å². The molecule has 6 nitrogen and oxygen atoms in total. The molecular formula is C23H31N3O3. The first-order chi connectivity index (χ1) is 13.7. The molecule has 0 atom stereocenters. The van der Waals surface area contributed by atoms with Crippen LogP contribution < -0.4 is 15.6 Å². The highest BCUT2D eigenvalue weighted by Gasteiger charge is 2.20. The van der Waals surface area contributed by atoms with Gasteiger partial charge in [0.1, 0.15) is 5.75 Å². The second-order valence-electron chi connectivity index (χ2n) is 8.77. The Morgan fingerprint density at radius 1 is 1.21 bits per heavy atom. The van der Waals surface area contributed by atoms with Crippen molar-refractivity contribution in [1.29, 1.82) is 0 Å². The van der Waals surface area contributed by atoms with Crippen molar-refractivity contribution < 1.29 is 9.53 Å². The molecule has 0 aliphatic heterocycles. The van der Waals surface area contributed by atoms with Crippen molar-refractivity contribution in [2.75, 3.05) is 13.2 Å². The summed E-state index contributed by atoms with van der Waals surface area (Å²) in [7, 11) is 0. The van der Waals surface area contributed by atoms with Crippen molar-refractivity contribution in [3.63, 3.8) is 0 Å². The van der Waals surface area contributed by atoms with Crippen LogP contribution in [0.4, 0.5) is 0 Å². The third-order valence-electron chi connectivity index (χ3n) is 5.22. The maximum atomic E-state index is 12.2. The number of hydrogen-bond acceptors (Lipinski definition) is 4. The molecule has 0 bridgehead atoms. The van der Waals surface area contributed by atoms with Crippen LogP contribution in [0.3, 0.4) is 0 Å². The number of aryl methyl sites for hydroxylation is 3. The molecule has 1 amide bonds. The highest BCUT2D eigenvalue weighted by atomic mass is 16.5. The van der Waals surface area contributed by atoms with Crippen molar-refractivity contribution in [2.45, 2.75) is 65.3 Å². The van der Waals surface area contributed by atoms with Gasteiger partial charge in [-0.05, 0) is 55.2 Å². The van der Waals surface area contributed by atoms with Gasteiger partial charge in [-0.2, -0.15) is 5.10 Å².